The van der Waals surface area contributed by atoms with Gasteiger partial charge in [-0.3, -0.25) is 19.6 Å². The molecule has 3 aliphatic rings. The Hall–Kier alpha value is -2.41. The first-order chi connectivity index (χ1) is 13.5. The van der Waals surface area contributed by atoms with Crippen molar-refractivity contribution in [1.29, 1.82) is 0 Å². The number of hydrogen-bond donors (Lipinski definition) is 2. The van der Waals surface area contributed by atoms with Crippen molar-refractivity contribution in [3.8, 4) is 0 Å². The molecule has 2 aromatic rings. The van der Waals surface area contributed by atoms with E-state index < -0.39 is 0 Å². The summed E-state index contributed by atoms with van der Waals surface area (Å²) in [6.07, 6.45) is 4.69. The molecule has 0 bridgehead atoms. The van der Waals surface area contributed by atoms with E-state index >= 15 is 0 Å². The highest BCUT2D eigenvalue weighted by molar-refractivity contribution is 6.02. The van der Waals surface area contributed by atoms with Gasteiger partial charge < -0.3 is 10.2 Å². The normalized spacial score (nSPS) is 24.9. The Bertz CT molecular complexity index is 944. The maximum absolute atomic E-state index is 12.3. The number of imide groups is 1. The molecule has 1 aromatic carbocycles. The van der Waals surface area contributed by atoms with Crippen LogP contribution in [-0.2, 0) is 16.6 Å². The van der Waals surface area contributed by atoms with Gasteiger partial charge in [-0.2, -0.15) is 5.10 Å². The third-order valence-corrected chi connectivity index (χ3v) is 6.90. The summed E-state index contributed by atoms with van der Waals surface area (Å²) in [6.45, 7) is 4.48. The van der Waals surface area contributed by atoms with E-state index in [4.69, 9.17) is 0 Å². The van der Waals surface area contributed by atoms with E-state index in [-0.39, 0.29) is 17.7 Å². The minimum Gasteiger partial charge on any atom is -0.371 e. The number of piperidine rings is 2. The molecule has 1 spiro atoms. The standard InChI is InChI=1S/C21H27N5O2/c1-25-17-12-14(26-11-8-21(13-26)6-9-22-10-7-21)2-3-15(17)19(24-25)16-4-5-18(27)23-20(16)28/h2-3,12,16,22H,4-11,13H2,1H3,(H,23,27,28). The number of carbonyl (C=O) groups is 2. The second-order valence-corrected chi connectivity index (χ2v) is 8.64. The van der Waals surface area contributed by atoms with Crippen molar-refractivity contribution in [2.45, 2.75) is 38.0 Å². The molecule has 4 heterocycles. The summed E-state index contributed by atoms with van der Waals surface area (Å²) in [5.41, 5.74) is 3.53. The molecule has 0 aliphatic carbocycles. The molecule has 5 rings (SSSR count). The Morgan fingerprint density at radius 2 is 2.00 bits per heavy atom. The number of rotatable bonds is 2. The Labute approximate surface area is 164 Å². The Morgan fingerprint density at radius 3 is 2.79 bits per heavy atom. The highest BCUT2D eigenvalue weighted by Gasteiger charge is 2.39. The van der Waals surface area contributed by atoms with Gasteiger partial charge in [-0.15, -0.1) is 0 Å². The topological polar surface area (TPSA) is 79.3 Å². The molecule has 3 saturated heterocycles. The molecule has 0 radical (unpaired) electrons. The maximum Gasteiger partial charge on any atom is 0.235 e. The van der Waals surface area contributed by atoms with E-state index in [2.05, 4.69) is 38.8 Å². The number of anilines is 1. The molecule has 1 unspecified atom stereocenters. The lowest BCUT2D eigenvalue weighted by molar-refractivity contribution is -0.134. The molecule has 3 fully saturated rings. The van der Waals surface area contributed by atoms with Gasteiger partial charge in [0.15, 0.2) is 0 Å². The van der Waals surface area contributed by atoms with Crippen molar-refractivity contribution < 1.29 is 9.59 Å². The van der Waals surface area contributed by atoms with Crippen LogP contribution in [0.2, 0.25) is 0 Å². The number of nitrogens with one attached hydrogen (secondary N) is 2. The van der Waals surface area contributed by atoms with E-state index in [0.29, 0.717) is 18.3 Å². The third kappa shape index (κ3) is 2.89. The molecular formula is C21H27N5O2. The van der Waals surface area contributed by atoms with E-state index in [9.17, 15) is 9.59 Å². The zero-order chi connectivity index (χ0) is 19.3. The second-order valence-electron chi connectivity index (χ2n) is 8.64. The highest BCUT2D eigenvalue weighted by atomic mass is 16.2. The van der Waals surface area contributed by atoms with Crippen LogP contribution in [0.25, 0.3) is 10.9 Å². The van der Waals surface area contributed by atoms with E-state index in [1.807, 2.05) is 11.7 Å². The van der Waals surface area contributed by atoms with Gasteiger partial charge in [0, 0.05) is 37.6 Å². The number of carbonyl (C=O) groups excluding carboxylic acids is 2. The van der Waals surface area contributed by atoms with Crippen molar-refractivity contribution in [2.24, 2.45) is 12.5 Å². The average Bonchev–Trinajstić information content (AvgIpc) is 3.24. The minimum atomic E-state index is -0.350. The van der Waals surface area contributed by atoms with Crippen LogP contribution >= 0.6 is 0 Å². The first-order valence-corrected chi connectivity index (χ1v) is 10.3. The molecule has 1 aromatic heterocycles. The molecule has 7 heteroatoms. The molecule has 1 atom stereocenters. The molecule has 2 N–H and O–H groups in total. The predicted molar refractivity (Wildman–Crippen MR) is 107 cm³/mol. The van der Waals surface area contributed by atoms with Crippen LogP contribution in [0, 0.1) is 5.41 Å². The van der Waals surface area contributed by atoms with Crippen LogP contribution in [0.3, 0.4) is 0 Å². The van der Waals surface area contributed by atoms with Crippen LogP contribution < -0.4 is 15.5 Å². The fourth-order valence-electron chi connectivity index (χ4n) is 5.20. The summed E-state index contributed by atoms with van der Waals surface area (Å²) >= 11 is 0. The number of benzene rings is 1. The summed E-state index contributed by atoms with van der Waals surface area (Å²) in [4.78, 5) is 26.3. The van der Waals surface area contributed by atoms with Gasteiger partial charge in [0.05, 0.1) is 17.1 Å². The molecule has 148 valence electrons. The quantitative estimate of drug-likeness (QED) is 0.774. The lowest BCUT2D eigenvalue weighted by Crippen LogP contribution is -2.39. The van der Waals surface area contributed by atoms with Crippen LogP contribution in [0.1, 0.15) is 43.7 Å². The average molecular weight is 381 g/mol. The lowest BCUT2D eigenvalue weighted by atomic mass is 9.78. The van der Waals surface area contributed by atoms with E-state index in [1.165, 1.54) is 24.9 Å². The fraction of sp³-hybridized carbons (Fsp3) is 0.571. The predicted octanol–water partition coefficient (Wildman–Crippen LogP) is 1.67. The van der Waals surface area contributed by atoms with Gasteiger partial charge in [-0.1, -0.05) is 0 Å². The fourth-order valence-corrected chi connectivity index (χ4v) is 5.20. The lowest BCUT2D eigenvalue weighted by Gasteiger charge is -2.34. The first kappa shape index (κ1) is 17.7. The smallest absolute Gasteiger partial charge is 0.235 e. The molecule has 3 aliphatic heterocycles. The van der Waals surface area contributed by atoms with Gasteiger partial charge in [0.2, 0.25) is 11.8 Å². The summed E-state index contributed by atoms with van der Waals surface area (Å²) in [5, 5.41) is 11.6. The van der Waals surface area contributed by atoms with Crippen LogP contribution in [0.5, 0.6) is 0 Å². The van der Waals surface area contributed by atoms with Crippen LogP contribution in [0.15, 0.2) is 18.2 Å². The Balaban J connectivity index is 1.44. The van der Waals surface area contributed by atoms with Gasteiger partial charge in [0.1, 0.15) is 0 Å². The largest absolute Gasteiger partial charge is 0.371 e. The Kier molecular flexibility index (Phi) is 4.16. The summed E-state index contributed by atoms with van der Waals surface area (Å²) in [5.74, 6) is -0.769. The van der Waals surface area contributed by atoms with E-state index in [0.717, 1.165) is 42.8 Å². The zero-order valence-corrected chi connectivity index (χ0v) is 16.3. The molecule has 0 saturated carbocycles. The molecular weight excluding hydrogens is 354 g/mol. The van der Waals surface area contributed by atoms with Crippen molar-refractivity contribution in [2.75, 3.05) is 31.1 Å². The SMILES string of the molecule is Cn1nc(C2CCC(=O)NC2=O)c2ccc(N3CCC4(CCNCC4)C3)cc21. The van der Waals surface area contributed by atoms with Gasteiger partial charge in [-0.25, -0.2) is 0 Å². The third-order valence-electron chi connectivity index (χ3n) is 6.90. The van der Waals surface area contributed by atoms with Crippen molar-refractivity contribution in [3.05, 3.63) is 23.9 Å². The summed E-state index contributed by atoms with van der Waals surface area (Å²) in [7, 11) is 1.93. The number of hydrogen-bond acceptors (Lipinski definition) is 5. The van der Waals surface area contributed by atoms with Crippen molar-refractivity contribution >= 4 is 28.4 Å². The highest BCUT2D eigenvalue weighted by Crippen LogP contribution is 2.41. The number of nitrogens with zero attached hydrogens (tertiary/aromatic N) is 3. The first-order valence-electron chi connectivity index (χ1n) is 10.3. The van der Waals surface area contributed by atoms with Gasteiger partial charge >= 0.3 is 0 Å². The van der Waals surface area contributed by atoms with Gasteiger partial charge in [-0.05, 0) is 62.4 Å². The second kappa shape index (κ2) is 6.58. The summed E-state index contributed by atoms with van der Waals surface area (Å²) < 4.78 is 1.87. The number of fused-ring (bicyclic) bond motifs is 1. The summed E-state index contributed by atoms with van der Waals surface area (Å²) in [6, 6.07) is 6.47. The van der Waals surface area contributed by atoms with Crippen molar-refractivity contribution in [3.63, 3.8) is 0 Å². The van der Waals surface area contributed by atoms with Crippen LogP contribution in [0.4, 0.5) is 5.69 Å². The van der Waals surface area contributed by atoms with Crippen molar-refractivity contribution in [1.82, 2.24) is 20.4 Å². The maximum atomic E-state index is 12.3. The molecule has 28 heavy (non-hydrogen) atoms. The zero-order valence-electron chi connectivity index (χ0n) is 16.3. The van der Waals surface area contributed by atoms with Gasteiger partial charge in [0.25, 0.3) is 0 Å². The van der Waals surface area contributed by atoms with Crippen LogP contribution in [-0.4, -0.2) is 47.8 Å². The number of aryl methyl sites for hydroxylation is 1. The van der Waals surface area contributed by atoms with E-state index in [1.54, 1.807) is 0 Å². The number of aromatic nitrogens is 2. The number of amides is 2. The monoisotopic (exact) mass is 381 g/mol. The molecule has 2 amide bonds. The Morgan fingerprint density at radius 1 is 1.18 bits per heavy atom. The molecule has 7 nitrogen and oxygen atoms in total. The minimum absolute atomic E-state index is 0.190.